The van der Waals surface area contributed by atoms with E-state index in [0.717, 1.165) is 0 Å². The number of carbonyl (C=O) groups is 1. The summed E-state index contributed by atoms with van der Waals surface area (Å²) in [5.74, 6) is 0.263. The van der Waals surface area contributed by atoms with Crippen LogP contribution in [0, 0.1) is 0 Å². The zero-order valence-corrected chi connectivity index (χ0v) is 8.04. The summed E-state index contributed by atoms with van der Waals surface area (Å²) in [5, 5.41) is 0. The van der Waals surface area contributed by atoms with Gasteiger partial charge in [0.2, 0.25) is 0 Å². The summed E-state index contributed by atoms with van der Waals surface area (Å²) in [5.41, 5.74) is 5.48. The average molecular weight is 206 g/mol. The van der Waals surface area contributed by atoms with Gasteiger partial charge in [0, 0.05) is 6.42 Å². The van der Waals surface area contributed by atoms with Crippen molar-refractivity contribution in [2.45, 2.75) is 12.5 Å². The quantitative estimate of drug-likeness (QED) is 0.740. The topological polar surface area (TPSA) is 65.5 Å². The van der Waals surface area contributed by atoms with Crippen LogP contribution < -0.4 is 5.73 Å². The first-order valence-corrected chi connectivity index (χ1v) is 3.60. The van der Waals surface area contributed by atoms with Crippen molar-refractivity contribution in [2.75, 3.05) is 7.11 Å². The molecule has 0 saturated carbocycles. The van der Waals surface area contributed by atoms with Crippen molar-refractivity contribution in [1.82, 2.24) is 0 Å². The zero-order chi connectivity index (χ0) is 8.97. The van der Waals surface area contributed by atoms with Crippen molar-refractivity contribution in [3.05, 3.63) is 24.2 Å². The molecule has 1 heterocycles. The lowest BCUT2D eigenvalue weighted by Crippen LogP contribution is -2.33. The maximum absolute atomic E-state index is 10.8. The standard InChI is InChI=1S/C8H11NO3.ClH/c1-11-8(10)7(9)5-6-3-2-4-12-6;/h2-4,7H,5,9H2,1H3;1H/t7-;/m0./s1. The van der Waals surface area contributed by atoms with Gasteiger partial charge in [-0.3, -0.25) is 4.79 Å². The van der Waals surface area contributed by atoms with Crippen LogP contribution in [0.25, 0.3) is 0 Å². The van der Waals surface area contributed by atoms with Gasteiger partial charge in [0.15, 0.2) is 0 Å². The number of nitrogens with two attached hydrogens (primary N) is 1. The smallest absolute Gasteiger partial charge is 0.323 e. The normalized spacial score (nSPS) is 11.5. The van der Waals surface area contributed by atoms with E-state index in [-0.39, 0.29) is 12.4 Å². The van der Waals surface area contributed by atoms with Crippen LogP contribution in [0.3, 0.4) is 0 Å². The Bertz CT molecular complexity index is 248. The third kappa shape index (κ3) is 3.48. The van der Waals surface area contributed by atoms with Crippen molar-refractivity contribution in [1.29, 1.82) is 0 Å². The third-order valence-electron chi connectivity index (χ3n) is 1.51. The molecule has 0 saturated heterocycles. The molecular weight excluding hydrogens is 194 g/mol. The molecule has 74 valence electrons. The van der Waals surface area contributed by atoms with E-state index in [1.807, 2.05) is 0 Å². The van der Waals surface area contributed by atoms with E-state index >= 15 is 0 Å². The minimum atomic E-state index is -0.638. The van der Waals surface area contributed by atoms with E-state index in [0.29, 0.717) is 12.2 Å². The van der Waals surface area contributed by atoms with Crippen molar-refractivity contribution in [2.24, 2.45) is 5.73 Å². The second-order valence-electron chi connectivity index (χ2n) is 2.41. The van der Waals surface area contributed by atoms with Crippen LogP contribution in [0.5, 0.6) is 0 Å². The number of halogens is 1. The summed E-state index contributed by atoms with van der Waals surface area (Å²) >= 11 is 0. The fourth-order valence-electron chi connectivity index (χ4n) is 0.880. The molecule has 13 heavy (non-hydrogen) atoms. The second-order valence-corrected chi connectivity index (χ2v) is 2.41. The Morgan fingerprint density at radius 1 is 1.77 bits per heavy atom. The molecule has 4 nitrogen and oxygen atoms in total. The molecule has 1 atom stereocenters. The van der Waals surface area contributed by atoms with E-state index in [9.17, 15) is 4.79 Å². The Kier molecular flexibility index (Phi) is 5.18. The average Bonchev–Trinajstić information content (AvgIpc) is 2.55. The lowest BCUT2D eigenvalue weighted by atomic mass is 10.2. The lowest BCUT2D eigenvalue weighted by Gasteiger charge is -2.05. The van der Waals surface area contributed by atoms with Crippen LogP contribution in [-0.4, -0.2) is 19.1 Å². The van der Waals surface area contributed by atoms with E-state index in [1.165, 1.54) is 7.11 Å². The van der Waals surface area contributed by atoms with Gasteiger partial charge in [-0.15, -0.1) is 12.4 Å². The number of esters is 1. The number of methoxy groups -OCH3 is 1. The lowest BCUT2D eigenvalue weighted by molar-refractivity contribution is -0.142. The van der Waals surface area contributed by atoms with Gasteiger partial charge < -0.3 is 14.9 Å². The van der Waals surface area contributed by atoms with Crippen LogP contribution in [-0.2, 0) is 16.0 Å². The number of hydrogen-bond acceptors (Lipinski definition) is 4. The molecule has 0 fully saturated rings. The van der Waals surface area contributed by atoms with Gasteiger partial charge in [0.05, 0.1) is 13.4 Å². The first kappa shape index (κ1) is 12.0. The summed E-state index contributed by atoms with van der Waals surface area (Å²) in [4.78, 5) is 10.8. The maximum Gasteiger partial charge on any atom is 0.323 e. The van der Waals surface area contributed by atoms with E-state index < -0.39 is 12.0 Å². The molecule has 0 aliphatic carbocycles. The molecule has 1 aromatic heterocycles. The number of furan rings is 1. The van der Waals surface area contributed by atoms with Crippen molar-refractivity contribution < 1.29 is 13.9 Å². The highest BCUT2D eigenvalue weighted by Crippen LogP contribution is 2.03. The molecule has 1 aromatic rings. The van der Waals surface area contributed by atoms with Gasteiger partial charge in [-0.25, -0.2) is 0 Å². The van der Waals surface area contributed by atoms with Gasteiger partial charge in [0.1, 0.15) is 11.8 Å². The van der Waals surface area contributed by atoms with Gasteiger partial charge in [-0.05, 0) is 12.1 Å². The summed E-state index contributed by atoms with van der Waals surface area (Å²) < 4.78 is 9.47. The van der Waals surface area contributed by atoms with E-state index in [2.05, 4.69) is 4.74 Å². The molecule has 0 aromatic carbocycles. The molecule has 0 unspecified atom stereocenters. The predicted molar refractivity (Wildman–Crippen MR) is 49.7 cm³/mol. The molecule has 2 N–H and O–H groups in total. The van der Waals surface area contributed by atoms with Crippen molar-refractivity contribution >= 4 is 18.4 Å². The molecule has 1 rings (SSSR count). The van der Waals surface area contributed by atoms with Crippen LogP contribution in [0.2, 0.25) is 0 Å². The van der Waals surface area contributed by atoms with Gasteiger partial charge in [-0.1, -0.05) is 0 Å². The van der Waals surface area contributed by atoms with Gasteiger partial charge >= 0.3 is 5.97 Å². The molecule has 0 amide bonds. The Morgan fingerprint density at radius 2 is 2.46 bits per heavy atom. The predicted octanol–water partition coefficient (Wildman–Crippen LogP) is 0.744. The first-order valence-electron chi connectivity index (χ1n) is 3.60. The van der Waals surface area contributed by atoms with Crippen LogP contribution in [0.15, 0.2) is 22.8 Å². The second kappa shape index (κ2) is 5.61. The summed E-state index contributed by atoms with van der Waals surface area (Å²) in [7, 11) is 1.31. The number of rotatable bonds is 3. The molecule has 0 aliphatic rings. The highest BCUT2D eigenvalue weighted by atomic mass is 35.5. The highest BCUT2D eigenvalue weighted by Gasteiger charge is 2.15. The minimum absolute atomic E-state index is 0. The Hall–Kier alpha value is -1.00. The summed E-state index contributed by atoms with van der Waals surface area (Å²) in [6.07, 6.45) is 1.92. The van der Waals surface area contributed by atoms with Gasteiger partial charge in [0.25, 0.3) is 0 Å². The van der Waals surface area contributed by atoms with E-state index in [4.69, 9.17) is 10.2 Å². The Balaban J connectivity index is 0.00000144. The third-order valence-corrected chi connectivity index (χ3v) is 1.51. The molecule has 0 radical (unpaired) electrons. The molecule has 0 bridgehead atoms. The van der Waals surface area contributed by atoms with E-state index in [1.54, 1.807) is 18.4 Å². The van der Waals surface area contributed by atoms with Gasteiger partial charge in [-0.2, -0.15) is 0 Å². The fraction of sp³-hybridized carbons (Fsp3) is 0.375. The number of carbonyl (C=O) groups excluding carboxylic acids is 1. The van der Waals surface area contributed by atoms with Crippen LogP contribution >= 0.6 is 12.4 Å². The fourth-order valence-corrected chi connectivity index (χ4v) is 0.880. The summed E-state index contributed by atoms with van der Waals surface area (Å²) in [6, 6.07) is 2.88. The monoisotopic (exact) mass is 205 g/mol. The van der Waals surface area contributed by atoms with Crippen LogP contribution in [0.4, 0.5) is 0 Å². The Morgan fingerprint density at radius 3 is 2.92 bits per heavy atom. The maximum atomic E-state index is 10.8. The number of ether oxygens (including phenoxy) is 1. The van der Waals surface area contributed by atoms with Crippen molar-refractivity contribution in [3.8, 4) is 0 Å². The van der Waals surface area contributed by atoms with Crippen LogP contribution in [0.1, 0.15) is 5.76 Å². The zero-order valence-electron chi connectivity index (χ0n) is 7.23. The molecular formula is C8H12ClNO3. The first-order chi connectivity index (χ1) is 5.74. The highest BCUT2D eigenvalue weighted by molar-refractivity contribution is 5.85. The Labute approximate surface area is 82.5 Å². The molecule has 5 heteroatoms. The molecule has 0 spiro atoms. The SMILES string of the molecule is COC(=O)[C@@H](N)Cc1ccco1.Cl. The summed E-state index contributed by atoms with van der Waals surface area (Å²) in [6.45, 7) is 0. The largest absolute Gasteiger partial charge is 0.469 e. The number of hydrogen-bond donors (Lipinski definition) is 1. The molecule has 0 aliphatic heterocycles. The van der Waals surface area contributed by atoms with Crippen molar-refractivity contribution in [3.63, 3.8) is 0 Å². The minimum Gasteiger partial charge on any atom is -0.469 e.